The fourth-order valence-corrected chi connectivity index (χ4v) is 2.50. The molecule has 1 aliphatic carbocycles. The molecule has 0 saturated heterocycles. The smallest absolute Gasteiger partial charge is 0.205 e. The van der Waals surface area contributed by atoms with Gasteiger partial charge in [0.1, 0.15) is 1.41 Å². The van der Waals surface area contributed by atoms with E-state index >= 15 is 0 Å². The molecule has 1 rings (SSSR count). The Morgan fingerprint density at radius 1 is 1.54 bits per heavy atom. The molecular weight excluding hydrogens is 187 g/mol. The molecule has 74 valence electrons. The Morgan fingerprint density at radius 2 is 2.08 bits per heavy atom. The van der Waals surface area contributed by atoms with Gasteiger partial charge < -0.3 is 0 Å². The van der Waals surface area contributed by atoms with Crippen molar-refractivity contribution in [3.63, 3.8) is 0 Å². The number of nitrogens with one attached hydrogen (secondary N) is 2. The number of hydrogen-bond acceptors (Lipinski definition) is 2. The van der Waals surface area contributed by atoms with Crippen LogP contribution in [0.15, 0.2) is 0 Å². The van der Waals surface area contributed by atoms with E-state index in [0.29, 0.717) is 17.6 Å². The van der Waals surface area contributed by atoms with Gasteiger partial charge in [-0.2, -0.15) is 13.1 Å². The quantitative estimate of drug-likeness (QED) is 0.625. The van der Waals surface area contributed by atoms with Crippen molar-refractivity contribution in [1.82, 2.24) is 9.44 Å². The summed E-state index contributed by atoms with van der Waals surface area (Å²) in [5.74, 6) is 0. The van der Waals surface area contributed by atoms with Gasteiger partial charge >= 0.3 is 0 Å². The Balaban J connectivity index is 2.72. The third-order valence-electron chi connectivity index (χ3n) is 1.91. The van der Waals surface area contributed by atoms with Gasteiger partial charge in [-0.05, 0) is 32.1 Å². The third-order valence-corrected chi connectivity index (χ3v) is 3.28. The van der Waals surface area contributed by atoms with Gasteiger partial charge in [-0.15, -0.1) is 0 Å². The Bertz CT molecular complexity index is 303. The highest BCUT2D eigenvalue weighted by Crippen LogP contribution is 2.28. The third kappa shape index (κ3) is 3.29. The summed E-state index contributed by atoms with van der Waals surface area (Å²) in [4.78, 5) is 0. The Labute approximate surface area is 82.5 Å². The molecule has 0 spiro atoms. The zero-order valence-corrected chi connectivity index (χ0v) is 8.76. The van der Waals surface area contributed by atoms with Crippen molar-refractivity contribution in [2.75, 3.05) is 0 Å². The van der Waals surface area contributed by atoms with Crippen LogP contribution < -0.4 is 9.44 Å². The van der Waals surface area contributed by atoms with E-state index in [9.17, 15) is 8.42 Å². The van der Waals surface area contributed by atoms with E-state index in [0.717, 1.165) is 6.42 Å². The second-order valence-electron chi connectivity index (χ2n) is 3.80. The lowest BCUT2D eigenvalue weighted by molar-refractivity contribution is 0.329. The van der Waals surface area contributed by atoms with Crippen molar-refractivity contribution in [3.8, 4) is 0 Å². The van der Waals surface area contributed by atoms with Crippen molar-refractivity contribution >= 4 is 18.1 Å². The maximum atomic E-state index is 11.5. The summed E-state index contributed by atoms with van der Waals surface area (Å²) < 4.78 is 33.4. The van der Waals surface area contributed by atoms with Crippen LogP contribution >= 0.6 is 0 Å². The van der Waals surface area contributed by atoms with Crippen LogP contribution in [0.3, 0.4) is 0 Å². The molecule has 4 nitrogen and oxygen atoms in total. The first-order valence-electron chi connectivity index (χ1n) is 4.83. The minimum absolute atomic E-state index is 0.225. The molecule has 0 bridgehead atoms. The molecule has 2 N–H and O–H groups in total. The molecule has 0 aliphatic heterocycles. The van der Waals surface area contributed by atoms with Gasteiger partial charge in [0, 0.05) is 6.04 Å². The standard InChI is InChI=1S/C7H15BN2O2S/c1-6(2)9-13(11,12)10-7(8)4-3-5-7/h6,9-10H,3-5H2,1-2H3/i/hD. The van der Waals surface area contributed by atoms with Gasteiger partial charge in [-0.3, -0.25) is 0 Å². The van der Waals surface area contributed by atoms with E-state index in [1.54, 1.807) is 13.8 Å². The summed E-state index contributed by atoms with van der Waals surface area (Å²) in [6.07, 6.45) is 1.98. The van der Waals surface area contributed by atoms with Crippen LogP contribution in [0, 0.1) is 0 Å². The first-order valence-corrected chi connectivity index (χ1v) is 5.82. The molecule has 1 saturated carbocycles. The van der Waals surface area contributed by atoms with Crippen molar-refractivity contribution in [2.24, 2.45) is 0 Å². The predicted molar refractivity (Wildman–Crippen MR) is 52.7 cm³/mol. The van der Waals surface area contributed by atoms with E-state index in [1.807, 2.05) is 0 Å². The summed E-state index contributed by atoms with van der Waals surface area (Å²) in [6.45, 7) is 3.41. The van der Waals surface area contributed by atoms with Crippen molar-refractivity contribution in [1.29, 1.82) is 0 Å². The molecule has 0 aromatic carbocycles. The van der Waals surface area contributed by atoms with Gasteiger partial charge in [0.2, 0.25) is 0 Å². The van der Waals surface area contributed by atoms with Crippen molar-refractivity contribution < 1.29 is 9.83 Å². The van der Waals surface area contributed by atoms with E-state index in [1.165, 1.54) is 0 Å². The summed E-state index contributed by atoms with van der Waals surface area (Å²) >= 11 is 0. The molecule has 6 heteroatoms. The van der Waals surface area contributed by atoms with Crippen LogP contribution in [0.4, 0.5) is 0 Å². The van der Waals surface area contributed by atoms with E-state index in [4.69, 9.17) is 9.26 Å². The fraction of sp³-hybridized carbons (Fsp3) is 1.00. The molecule has 2 radical (unpaired) electrons. The number of hydrogen-bond donors (Lipinski definition) is 2. The maximum Gasteiger partial charge on any atom is 0.276 e. The highest BCUT2D eigenvalue weighted by Gasteiger charge is 2.34. The van der Waals surface area contributed by atoms with Crippen LogP contribution in [-0.2, 0) is 10.2 Å². The highest BCUT2D eigenvalue weighted by molar-refractivity contribution is 7.87. The Hall–Kier alpha value is -0.0651. The van der Waals surface area contributed by atoms with Crippen molar-refractivity contribution in [3.05, 3.63) is 0 Å². The summed E-state index contributed by atoms with van der Waals surface area (Å²) in [7, 11) is 1.97. The van der Waals surface area contributed by atoms with Gasteiger partial charge in [0.05, 0.1) is 7.85 Å². The predicted octanol–water partition coefficient (Wildman–Crippen LogP) is -0.133. The van der Waals surface area contributed by atoms with Gasteiger partial charge in [0.25, 0.3) is 10.2 Å². The fourth-order valence-electron chi connectivity index (χ4n) is 1.19. The Kier molecular flexibility index (Phi) is 2.62. The minimum Gasteiger partial charge on any atom is -0.205 e. The SMILES string of the molecule is [2H]N(C1([B])CCC1)S(=O)(=O)NC(C)C. The zero-order chi connectivity index (χ0) is 11.0. The minimum atomic E-state index is -3.75. The van der Waals surface area contributed by atoms with E-state index < -0.39 is 15.6 Å². The van der Waals surface area contributed by atoms with Crippen LogP contribution in [0.1, 0.15) is 33.1 Å². The first kappa shape index (κ1) is 9.49. The zero-order valence-electron chi connectivity index (χ0n) is 8.95. The molecule has 0 atom stereocenters. The van der Waals surface area contributed by atoms with Crippen LogP contribution in [0.2, 0.25) is 1.41 Å². The average molecular weight is 203 g/mol. The van der Waals surface area contributed by atoms with E-state index in [2.05, 4.69) is 4.72 Å². The number of rotatable bonds is 4. The topological polar surface area (TPSA) is 58.2 Å². The lowest BCUT2D eigenvalue weighted by Gasteiger charge is -2.39. The van der Waals surface area contributed by atoms with Crippen LogP contribution in [0.5, 0.6) is 0 Å². The van der Waals surface area contributed by atoms with E-state index in [-0.39, 0.29) is 6.04 Å². The first-order chi connectivity index (χ1) is 6.28. The molecule has 13 heavy (non-hydrogen) atoms. The summed E-state index contributed by atoms with van der Waals surface area (Å²) in [6, 6.07) is -0.225. The lowest BCUT2D eigenvalue weighted by atomic mass is 9.63. The summed E-state index contributed by atoms with van der Waals surface area (Å²) in [5.41, 5.74) is -0.999. The van der Waals surface area contributed by atoms with Crippen LogP contribution in [0.25, 0.3) is 0 Å². The second kappa shape index (κ2) is 3.59. The molecular formula is C7H15BN2O2S. The Morgan fingerprint density at radius 3 is 2.38 bits per heavy atom. The van der Waals surface area contributed by atoms with Crippen LogP contribution in [-0.4, -0.2) is 27.7 Å². The molecule has 0 amide bonds. The maximum absolute atomic E-state index is 11.5. The normalized spacial score (nSPS) is 22.9. The molecule has 0 aromatic heterocycles. The second-order valence-corrected chi connectivity index (χ2v) is 5.16. The lowest BCUT2D eigenvalue weighted by Crippen LogP contribution is -2.57. The molecule has 1 fully saturated rings. The molecule has 0 aromatic rings. The molecule has 1 aliphatic rings. The highest BCUT2D eigenvalue weighted by atomic mass is 32.2. The summed E-state index contributed by atoms with van der Waals surface area (Å²) in [5, 5.41) is 0. The van der Waals surface area contributed by atoms with Crippen molar-refractivity contribution in [2.45, 2.75) is 44.6 Å². The molecule has 0 heterocycles. The largest absolute Gasteiger partial charge is 0.276 e. The van der Waals surface area contributed by atoms with Gasteiger partial charge in [-0.1, -0.05) is 6.42 Å². The average Bonchev–Trinajstić information content (AvgIpc) is 1.96. The molecule has 0 unspecified atom stereocenters. The van der Waals surface area contributed by atoms with Gasteiger partial charge in [0.15, 0.2) is 0 Å². The van der Waals surface area contributed by atoms with Gasteiger partial charge in [-0.25, -0.2) is 4.72 Å². The monoisotopic (exact) mass is 203 g/mol.